The fourth-order valence-electron chi connectivity index (χ4n) is 2.29. The third-order valence-electron chi connectivity index (χ3n) is 3.43. The molecule has 19 heavy (non-hydrogen) atoms. The van der Waals surface area contributed by atoms with Crippen molar-refractivity contribution in [3.8, 4) is 0 Å². The third-order valence-corrected chi connectivity index (χ3v) is 3.43. The number of hydrogen-bond acceptors (Lipinski definition) is 3. The highest BCUT2D eigenvalue weighted by molar-refractivity contribution is 5.91. The Bertz CT molecular complexity index is 434. The highest BCUT2D eigenvalue weighted by atomic mass is 16.2. The number of rotatable bonds is 3. The Kier molecular flexibility index (Phi) is 4.19. The van der Waals surface area contributed by atoms with Crippen molar-refractivity contribution in [3.63, 3.8) is 0 Å². The SMILES string of the molecule is CC(C)C(=O)N1CCC(C(=O)Nc2ccn[nH]2)CC1. The van der Waals surface area contributed by atoms with E-state index in [1.165, 1.54) is 0 Å². The van der Waals surface area contributed by atoms with Crippen molar-refractivity contribution in [1.82, 2.24) is 15.1 Å². The van der Waals surface area contributed by atoms with Crippen LogP contribution in [0.15, 0.2) is 12.3 Å². The number of aromatic nitrogens is 2. The van der Waals surface area contributed by atoms with Crippen LogP contribution in [0.3, 0.4) is 0 Å². The van der Waals surface area contributed by atoms with Crippen LogP contribution in [-0.2, 0) is 9.59 Å². The molecule has 104 valence electrons. The Morgan fingerprint density at radius 2 is 2.11 bits per heavy atom. The first-order valence-electron chi connectivity index (χ1n) is 6.67. The Balaban J connectivity index is 1.83. The maximum absolute atomic E-state index is 12.0. The number of hydrogen-bond donors (Lipinski definition) is 2. The predicted molar refractivity (Wildman–Crippen MR) is 71.4 cm³/mol. The standard InChI is InChI=1S/C13H20N4O2/c1-9(2)13(19)17-7-4-10(5-8-17)12(18)15-11-3-6-14-16-11/h3,6,9-10H,4-5,7-8H2,1-2H3,(H2,14,15,16,18). The van der Waals surface area contributed by atoms with E-state index in [9.17, 15) is 9.59 Å². The summed E-state index contributed by atoms with van der Waals surface area (Å²) >= 11 is 0. The summed E-state index contributed by atoms with van der Waals surface area (Å²) in [7, 11) is 0. The maximum Gasteiger partial charge on any atom is 0.228 e. The van der Waals surface area contributed by atoms with Gasteiger partial charge in [-0.2, -0.15) is 5.10 Å². The monoisotopic (exact) mass is 264 g/mol. The molecule has 0 aromatic carbocycles. The zero-order valence-electron chi connectivity index (χ0n) is 11.3. The van der Waals surface area contributed by atoms with Crippen LogP contribution in [0.1, 0.15) is 26.7 Å². The first kappa shape index (κ1) is 13.6. The molecular formula is C13H20N4O2. The van der Waals surface area contributed by atoms with E-state index in [1.807, 2.05) is 18.7 Å². The zero-order valence-corrected chi connectivity index (χ0v) is 11.3. The van der Waals surface area contributed by atoms with Crippen LogP contribution in [0.2, 0.25) is 0 Å². The van der Waals surface area contributed by atoms with Crippen molar-refractivity contribution in [3.05, 3.63) is 12.3 Å². The summed E-state index contributed by atoms with van der Waals surface area (Å²) in [5, 5.41) is 9.28. The largest absolute Gasteiger partial charge is 0.342 e. The van der Waals surface area contributed by atoms with Gasteiger partial charge < -0.3 is 10.2 Å². The van der Waals surface area contributed by atoms with Crippen molar-refractivity contribution in [1.29, 1.82) is 0 Å². The molecule has 2 rings (SSSR count). The summed E-state index contributed by atoms with van der Waals surface area (Å²) in [5.74, 6) is 0.786. The quantitative estimate of drug-likeness (QED) is 0.862. The van der Waals surface area contributed by atoms with Gasteiger partial charge in [0.2, 0.25) is 11.8 Å². The van der Waals surface area contributed by atoms with E-state index in [0.29, 0.717) is 18.9 Å². The molecule has 0 aliphatic carbocycles. The van der Waals surface area contributed by atoms with E-state index >= 15 is 0 Å². The van der Waals surface area contributed by atoms with Gasteiger partial charge in [0.05, 0.1) is 6.20 Å². The second kappa shape index (κ2) is 5.86. The van der Waals surface area contributed by atoms with Gasteiger partial charge in [0.25, 0.3) is 0 Å². The van der Waals surface area contributed by atoms with E-state index in [2.05, 4.69) is 15.5 Å². The summed E-state index contributed by atoms with van der Waals surface area (Å²) < 4.78 is 0. The molecule has 2 amide bonds. The minimum absolute atomic E-state index is 0.000830. The molecule has 1 aliphatic rings. The van der Waals surface area contributed by atoms with Crippen LogP contribution in [-0.4, -0.2) is 40.0 Å². The number of H-pyrrole nitrogens is 1. The van der Waals surface area contributed by atoms with Gasteiger partial charge in [0, 0.05) is 31.0 Å². The van der Waals surface area contributed by atoms with Crippen LogP contribution in [0.4, 0.5) is 5.82 Å². The van der Waals surface area contributed by atoms with Crippen LogP contribution in [0, 0.1) is 11.8 Å². The summed E-state index contributed by atoms with van der Waals surface area (Å²) in [5.41, 5.74) is 0. The number of anilines is 1. The van der Waals surface area contributed by atoms with Crippen molar-refractivity contribution < 1.29 is 9.59 Å². The van der Waals surface area contributed by atoms with Gasteiger partial charge in [0.1, 0.15) is 5.82 Å². The van der Waals surface area contributed by atoms with E-state index < -0.39 is 0 Å². The van der Waals surface area contributed by atoms with Gasteiger partial charge in [-0.3, -0.25) is 14.7 Å². The lowest BCUT2D eigenvalue weighted by Gasteiger charge is -2.32. The highest BCUT2D eigenvalue weighted by Crippen LogP contribution is 2.20. The summed E-state index contributed by atoms with van der Waals surface area (Å²) in [6.07, 6.45) is 3.04. The van der Waals surface area contributed by atoms with Gasteiger partial charge >= 0.3 is 0 Å². The van der Waals surface area contributed by atoms with Crippen molar-refractivity contribution in [2.75, 3.05) is 18.4 Å². The van der Waals surface area contributed by atoms with Gasteiger partial charge in [-0.15, -0.1) is 0 Å². The van der Waals surface area contributed by atoms with Crippen LogP contribution in [0.5, 0.6) is 0 Å². The van der Waals surface area contributed by atoms with E-state index in [-0.39, 0.29) is 23.7 Å². The fraction of sp³-hybridized carbons (Fsp3) is 0.615. The summed E-state index contributed by atoms with van der Waals surface area (Å²) in [6.45, 7) is 5.13. The van der Waals surface area contributed by atoms with Gasteiger partial charge in [-0.25, -0.2) is 0 Å². The molecule has 0 bridgehead atoms. The normalized spacial score (nSPS) is 16.7. The molecule has 1 aliphatic heterocycles. The Morgan fingerprint density at radius 1 is 1.42 bits per heavy atom. The van der Waals surface area contributed by atoms with Gasteiger partial charge in [0.15, 0.2) is 0 Å². The molecule has 1 aromatic heterocycles. The molecule has 1 aromatic rings. The lowest BCUT2D eigenvalue weighted by atomic mass is 9.95. The molecule has 0 spiro atoms. The lowest BCUT2D eigenvalue weighted by Crippen LogP contribution is -2.43. The smallest absolute Gasteiger partial charge is 0.228 e. The zero-order chi connectivity index (χ0) is 13.8. The Morgan fingerprint density at radius 3 is 2.63 bits per heavy atom. The van der Waals surface area contributed by atoms with Crippen LogP contribution < -0.4 is 5.32 Å². The first-order valence-corrected chi connectivity index (χ1v) is 6.67. The van der Waals surface area contributed by atoms with Gasteiger partial charge in [-0.05, 0) is 12.8 Å². The van der Waals surface area contributed by atoms with E-state index in [4.69, 9.17) is 0 Å². The minimum Gasteiger partial charge on any atom is -0.342 e. The average molecular weight is 264 g/mol. The number of nitrogens with one attached hydrogen (secondary N) is 2. The molecular weight excluding hydrogens is 244 g/mol. The molecule has 0 radical (unpaired) electrons. The van der Waals surface area contributed by atoms with Crippen molar-refractivity contribution in [2.24, 2.45) is 11.8 Å². The molecule has 6 heteroatoms. The summed E-state index contributed by atoms with van der Waals surface area (Å²) in [6, 6.07) is 1.72. The van der Waals surface area contributed by atoms with Gasteiger partial charge in [-0.1, -0.05) is 13.8 Å². The van der Waals surface area contributed by atoms with E-state index in [0.717, 1.165) is 12.8 Å². The topological polar surface area (TPSA) is 78.1 Å². The molecule has 6 nitrogen and oxygen atoms in total. The van der Waals surface area contributed by atoms with E-state index in [1.54, 1.807) is 12.3 Å². The Labute approximate surface area is 112 Å². The second-order valence-corrected chi connectivity index (χ2v) is 5.21. The lowest BCUT2D eigenvalue weighted by molar-refractivity contribution is -0.137. The Hall–Kier alpha value is -1.85. The van der Waals surface area contributed by atoms with Crippen molar-refractivity contribution in [2.45, 2.75) is 26.7 Å². The third kappa shape index (κ3) is 3.33. The number of piperidine rings is 1. The highest BCUT2D eigenvalue weighted by Gasteiger charge is 2.28. The maximum atomic E-state index is 12.0. The van der Waals surface area contributed by atoms with Crippen molar-refractivity contribution >= 4 is 17.6 Å². The van der Waals surface area contributed by atoms with Crippen LogP contribution in [0.25, 0.3) is 0 Å². The molecule has 0 atom stereocenters. The molecule has 1 saturated heterocycles. The molecule has 0 unspecified atom stereocenters. The molecule has 2 N–H and O–H groups in total. The first-order chi connectivity index (χ1) is 9.08. The van der Waals surface area contributed by atoms with Crippen LogP contribution >= 0.6 is 0 Å². The number of nitrogens with zero attached hydrogens (tertiary/aromatic N) is 2. The number of carbonyl (C=O) groups is 2. The second-order valence-electron chi connectivity index (χ2n) is 5.21. The minimum atomic E-state index is -0.0282. The molecule has 0 saturated carbocycles. The number of likely N-dealkylation sites (tertiary alicyclic amines) is 1. The molecule has 1 fully saturated rings. The average Bonchev–Trinajstić information content (AvgIpc) is 2.90. The summed E-state index contributed by atoms with van der Waals surface area (Å²) in [4.78, 5) is 25.7. The molecule has 2 heterocycles. The predicted octanol–water partition coefficient (Wildman–Crippen LogP) is 1.24. The number of aromatic amines is 1. The number of amides is 2. The fourth-order valence-corrected chi connectivity index (χ4v) is 2.29. The number of carbonyl (C=O) groups excluding carboxylic acids is 2.